The van der Waals surface area contributed by atoms with E-state index in [-0.39, 0.29) is 0 Å². The lowest BCUT2D eigenvalue weighted by Gasteiger charge is -2.25. The Balaban J connectivity index is 1.64. The second-order valence-corrected chi connectivity index (χ2v) is 4.85. The molecule has 2 aliphatic rings. The van der Waals surface area contributed by atoms with Gasteiger partial charge >= 0.3 is 0 Å². The summed E-state index contributed by atoms with van der Waals surface area (Å²) in [6.45, 7) is 4.62. The minimum absolute atomic E-state index is 0.725. The molecule has 1 saturated heterocycles. The van der Waals surface area contributed by atoms with Crippen molar-refractivity contribution >= 4 is 0 Å². The Morgan fingerprint density at radius 1 is 1.43 bits per heavy atom. The fourth-order valence-electron chi connectivity index (χ4n) is 2.20. The average Bonchev–Trinajstić information content (AvgIpc) is 2.65. The molecule has 1 saturated carbocycles. The highest BCUT2D eigenvalue weighted by atomic mass is 16.3. The molecular formula is C12H17NO. The van der Waals surface area contributed by atoms with E-state index in [4.69, 9.17) is 4.42 Å². The highest BCUT2D eigenvalue weighted by Crippen LogP contribution is 2.47. The third-order valence-electron chi connectivity index (χ3n) is 3.51. The van der Waals surface area contributed by atoms with Crippen molar-refractivity contribution < 1.29 is 4.42 Å². The van der Waals surface area contributed by atoms with Crippen molar-refractivity contribution in [3.63, 3.8) is 0 Å². The summed E-state index contributed by atoms with van der Waals surface area (Å²) in [6, 6.07) is 4.34. The van der Waals surface area contributed by atoms with Crippen LogP contribution in [0.5, 0.6) is 0 Å². The van der Waals surface area contributed by atoms with Gasteiger partial charge in [-0.2, -0.15) is 0 Å². The maximum atomic E-state index is 5.86. The normalized spacial score (nSPS) is 31.5. The predicted octanol–water partition coefficient (Wildman–Crippen LogP) is 2.16. The molecule has 76 valence electrons. The topological polar surface area (TPSA) is 25.2 Å². The van der Waals surface area contributed by atoms with Gasteiger partial charge in [0.2, 0.25) is 0 Å². The zero-order valence-electron chi connectivity index (χ0n) is 8.62. The van der Waals surface area contributed by atoms with Crippen LogP contribution in [-0.2, 0) is 6.42 Å². The number of rotatable bonds is 3. The van der Waals surface area contributed by atoms with Gasteiger partial charge in [-0.05, 0) is 43.5 Å². The van der Waals surface area contributed by atoms with Crippen LogP contribution in [0.25, 0.3) is 0 Å². The third-order valence-corrected chi connectivity index (χ3v) is 3.51. The molecule has 1 aromatic heterocycles. The van der Waals surface area contributed by atoms with Crippen molar-refractivity contribution in [3.8, 4) is 0 Å². The van der Waals surface area contributed by atoms with Crippen molar-refractivity contribution in [2.45, 2.75) is 25.7 Å². The maximum Gasteiger partial charge on any atom is 0.107 e. The van der Waals surface area contributed by atoms with Gasteiger partial charge in [0.1, 0.15) is 11.5 Å². The minimum atomic E-state index is 0.725. The van der Waals surface area contributed by atoms with Crippen LogP contribution < -0.4 is 5.32 Å². The van der Waals surface area contributed by atoms with E-state index in [0.717, 1.165) is 37.3 Å². The average molecular weight is 191 g/mol. The Morgan fingerprint density at radius 3 is 2.79 bits per heavy atom. The first-order valence-corrected chi connectivity index (χ1v) is 5.62. The summed E-state index contributed by atoms with van der Waals surface area (Å²) >= 11 is 0. The molecule has 2 heteroatoms. The molecule has 3 rings (SSSR count). The molecule has 1 aromatic rings. The summed E-state index contributed by atoms with van der Waals surface area (Å²) in [7, 11) is 0. The zero-order valence-corrected chi connectivity index (χ0v) is 8.62. The first kappa shape index (κ1) is 8.54. The van der Waals surface area contributed by atoms with Crippen LogP contribution in [0.15, 0.2) is 16.5 Å². The van der Waals surface area contributed by atoms with Crippen LogP contribution in [0.3, 0.4) is 0 Å². The van der Waals surface area contributed by atoms with E-state index in [1.807, 2.05) is 0 Å². The largest absolute Gasteiger partial charge is 0.466 e. The number of nitrogens with one attached hydrogen (secondary N) is 1. The molecule has 0 aromatic carbocycles. The van der Waals surface area contributed by atoms with Crippen molar-refractivity contribution in [3.05, 3.63) is 23.7 Å². The van der Waals surface area contributed by atoms with Gasteiger partial charge in [0.15, 0.2) is 0 Å². The van der Waals surface area contributed by atoms with Gasteiger partial charge in [0, 0.05) is 12.3 Å². The molecule has 14 heavy (non-hydrogen) atoms. The molecule has 1 aliphatic heterocycles. The Bertz CT molecular complexity index is 327. The third kappa shape index (κ3) is 1.48. The highest BCUT2D eigenvalue weighted by molar-refractivity contribution is 5.18. The van der Waals surface area contributed by atoms with Gasteiger partial charge in [-0.15, -0.1) is 0 Å². The molecule has 0 amide bonds. The van der Waals surface area contributed by atoms with E-state index >= 15 is 0 Å². The zero-order chi connectivity index (χ0) is 9.54. The van der Waals surface area contributed by atoms with Crippen LogP contribution in [-0.4, -0.2) is 13.1 Å². The van der Waals surface area contributed by atoms with Gasteiger partial charge in [0.05, 0.1) is 0 Å². The van der Waals surface area contributed by atoms with Gasteiger partial charge < -0.3 is 9.73 Å². The molecule has 2 unspecified atom stereocenters. The monoisotopic (exact) mass is 191 g/mol. The summed E-state index contributed by atoms with van der Waals surface area (Å²) in [6.07, 6.45) is 2.44. The van der Waals surface area contributed by atoms with Crippen LogP contribution in [0.4, 0.5) is 0 Å². The molecule has 1 N–H and O–H groups in total. The van der Waals surface area contributed by atoms with E-state index in [2.05, 4.69) is 24.4 Å². The van der Waals surface area contributed by atoms with Crippen molar-refractivity contribution in [1.29, 1.82) is 0 Å². The Morgan fingerprint density at radius 2 is 2.21 bits per heavy atom. The lowest BCUT2D eigenvalue weighted by molar-refractivity contribution is 0.318. The van der Waals surface area contributed by atoms with E-state index in [9.17, 15) is 0 Å². The van der Waals surface area contributed by atoms with Crippen molar-refractivity contribution in [2.75, 3.05) is 13.1 Å². The van der Waals surface area contributed by atoms with Gasteiger partial charge in [0.25, 0.3) is 0 Å². The fourth-order valence-corrected chi connectivity index (χ4v) is 2.20. The van der Waals surface area contributed by atoms with Crippen molar-refractivity contribution in [2.24, 2.45) is 11.8 Å². The molecule has 0 spiro atoms. The molecule has 0 radical (unpaired) electrons. The molecule has 2 fully saturated rings. The molecular weight excluding hydrogens is 174 g/mol. The second kappa shape index (κ2) is 3.13. The van der Waals surface area contributed by atoms with Gasteiger partial charge in [-0.1, -0.05) is 6.92 Å². The summed E-state index contributed by atoms with van der Waals surface area (Å²) in [5.41, 5.74) is 0. The van der Waals surface area contributed by atoms with Crippen LogP contribution in [0.1, 0.15) is 30.8 Å². The summed E-state index contributed by atoms with van der Waals surface area (Å²) in [5, 5.41) is 3.29. The van der Waals surface area contributed by atoms with E-state index < -0.39 is 0 Å². The Kier molecular flexibility index (Phi) is 1.91. The standard InChI is InChI=1S/C12H17NO/c1-8-4-11(8)12-3-2-10(14-12)5-9-6-13-7-9/h2-3,8-9,11,13H,4-7H2,1H3. The SMILES string of the molecule is CC1CC1c1ccc(CC2CNC2)o1. The van der Waals surface area contributed by atoms with Crippen LogP contribution >= 0.6 is 0 Å². The summed E-state index contributed by atoms with van der Waals surface area (Å²) in [5.74, 6) is 4.79. The van der Waals surface area contributed by atoms with E-state index in [0.29, 0.717) is 0 Å². The number of hydrogen-bond donors (Lipinski definition) is 1. The van der Waals surface area contributed by atoms with Crippen LogP contribution in [0, 0.1) is 11.8 Å². The lowest BCUT2D eigenvalue weighted by atomic mass is 9.98. The Hall–Kier alpha value is -0.760. The van der Waals surface area contributed by atoms with Crippen molar-refractivity contribution in [1.82, 2.24) is 5.32 Å². The molecule has 1 aliphatic carbocycles. The molecule has 2 nitrogen and oxygen atoms in total. The predicted molar refractivity (Wildman–Crippen MR) is 55.3 cm³/mol. The highest BCUT2D eigenvalue weighted by Gasteiger charge is 2.36. The molecule has 0 bridgehead atoms. The van der Waals surface area contributed by atoms with Crippen LogP contribution in [0.2, 0.25) is 0 Å². The van der Waals surface area contributed by atoms with Gasteiger partial charge in [-0.25, -0.2) is 0 Å². The minimum Gasteiger partial charge on any atom is -0.466 e. The van der Waals surface area contributed by atoms with E-state index in [1.165, 1.54) is 17.9 Å². The summed E-state index contributed by atoms with van der Waals surface area (Å²) < 4.78 is 5.86. The Labute approximate surface area is 84.7 Å². The van der Waals surface area contributed by atoms with Gasteiger partial charge in [-0.3, -0.25) is 0 Å². The van der Waals surface area contributed by atoms with E-state index in [1.54, 1.807) is 0 Å². The smallest absolute Gasteiger partial charge is 0.107 e. The first-order chi connectivity index (χ1) is 6.83. The second-order valence-electron chi connectivity index (χ2n) is 4.85. The lowest BCUT2D eigenvalue weighted by Crippen LogP contribution is -2.42. The molecule has 2 heterocycles. The number of furan rings is 1. The number of hydrogen-bond acceptors (Lipinski definition) is 2. The first-order valence-electron chi connectivity index (χ1n) is 5.62. The molecule has 2 atom stereocenters. The quantitative estimate of drug-likeness (QED) is 0.792. The maximum absolute atomic E-state index is 5.86. The summed E-state index contributed by atoms with van der Waals surface area (Å²) in [4.78, 5) is 0. The fraction of sp³-hybridized carbons (Fsp3) is 0.667.